The highest BCUT2D eigenvalue weighted by Crippen LogP contribution is 2.33. The zero-order valence-corrected chi connectivity index (χ0v) is 13.6. The van der Waals surface area contributed by atoms with Gasteiger partial charge >= 0.3 is 0 Å². The Kier molecular flexibility index (Phi) is 4.29. The molecule has 2 nitrogen and oxygen atoms in total. The lowest BCUT2D eigenvalue weighted by molar-refractivity contribution is 1.33. The number of hydrogen-bond acceptors (Lipinski definition) is 2. The normalized spacial score (nSPS) is 10.6. The maximum atomic E-state index is 6.00. The summed E-state index contributed by atoms with van der Waals surface area (Å²) < 4.78 is 1.11. The standard InChI is InChI=1S/C14H13BrCl2N2/c1-7-3-9(4-8(2)14(7)15)19-13-6-11(17)10(16)5-12(13)18/h3-6,19H,18H2,1-2H3. The van der Waals surface area contributed by atoms with Crippen molar-refractivity contribution >= 4 is 56.2 Å². The molecule has 5 heteroatoms. The molecule has 0 heterocycles. The third kappa shape index (κ3) is 3.16. The van der Waals surface area contributed by atoms with Crippen molar-refractivity contribution in [3.63, 3.8) is 0 Å². The highest BCUT2D eigenvalue weighted by atomic mass is 79.9. The van der Waals surface area contributed by atoms with Crippen molar-refractivity contribution in [3.8, 4) is 0 Å². The van der Waals surface area contributed by atoms with Gasteiger partial charge in [0, 0.05) is 10.2 Å². The number of rotatable bonds is 2. The van der Waals surface area contributed by atoms with Gasteiger partial charge in [-0.05, 0) is 49.2 Å². The van der Waals surface area contributed by atoms with Crippen LogP contribution in [-0.4, -0.2) is 0 Å². The van der Waals surface area contributed by atoms with E-state index in [4.69, 9.17) is 28.9 Å². The van der Waals surface area contributed by atoms with Crippen LogP contribution in [0.5, 0.6) is 0 Å². The molecule has 0 saturated heterocycles. The predicted octanol–water partition coefficient (Wildman–Crippen LogP) is 5.70. The van der Waals surface area contributed by atoms with Crippen LogP contribution in [0.25, 0.3) is 0 Å². The van der Waals surface area contributed by atoms with Gasteiger partial charge in [0.2, 0.25) is 0 Å². The first-order chi connectivity index (χ1) is 8.88. The molecule has 2 rings (SSSR count). The molecule has 0 spiro atoms. The number of aryl methyl sites for hydroxylation is 2. The van der Waals surface area contributed by atoms with E-state index >= 15 is 0 Å². The molecule has 2 aromatic carbocycles. The van der Waals surface area contributed by atoms with Crippen LogP contribution in [-0.2, 0) is 0 Å². The van der Waals surface area contributed by atoms with Crippen molar-refractivity contribution in [1.82, 2.24) is 0 Å². The number of nitrogen functional groups attached to an aromatic ring is 1. The van der Waals surface area contributed by atoms with E-state index in [0.717, 1.165) is 27.0 Å². The molecule has 0 aliphatic rings. The van der Waals surface area contributed by atoms with E-state index < -0.39 is 0 Å². The monoisotopic (exact) mass is 358 g/mol. The zero-order chi connectivity index (χ0) is 14.2. The van der Waals surface area contributed by atoms with Crippen LogP contribution in [0.3, 0.4) is 0 Å². The summed E-state index contributed by atoms with van der Waals surface area (Å²) in [5.41, 5.74) is 10.5. The Morgan fingerprint density at radius 2 is 1.53 bits per heavy atom. The van der Waals surface area contributed by atoms with Crippen LogP contribution in [0.1, 0.15) is 11.1 Å². The summed E-state index contributed by atoms with van der Waals surface area (Å²) in [7, 11) is 0. The van der Waals surface area contributed by atoms with Gasteiger partial charge in [-0.1, -0.05) is 39.1 Å². The van der Waals surface area contributed by atoms with E-state index in [1.54, 1.807) is 12.1 Å². The molecule has 100 valence electrons. The van der Waals surface area contributed by atoms with Gasteiger partial charge in [0.05, 0.1) is 21.4 Å². The van der Waals surface area contributed by atoms with Gasteiger partial charge in [-0.3, -0.25) is 0 Å². The van der Waals surface area contributed by atoms with Crippen LogP contribution in [0.2, 0.25) is 10.0 Å². The first kappa shape index (κ1) is 14.5. The van der Waals surface area contributed by atoms with Crippen LogP contribution in [0, 0.1) is 13.8 Å². The van der Waals surface area contributed by atoms with E-state index in [1.165, 1.54) is 0 Å². The van der Waals surface area contributed by atoms with Crippen molar-refractivity contribution in [2.75, 3.05) is 11.1 Å². The third-order valence-corrected chi connectivity index (χ3v) is 4.78. The molecule has 0 bridgehead atoms. The lowest BCUT2D eigenvalue weighted by atomic mass is 10.1. The molecule has 3 N–H and O–H groups in total. The van der Waals surface area contributed by atoms with Crippen LogP contribution in [0.15, 0.2) is 28.7 Å². The summed E-state index contributed by atoms with van der Waals surface area (Å²) in [6.45, 7) is 4.08. The van der Waals surface area contributed by atoms with Crippen molar-refractivity contribution in [2.24, 2.45) is 0 Å². The number of halogens is 3. The molecule has 0 atom stereocenters. The Balaban J connectivity index is 2.39. The maximum Gasteiger partial charge on any atom is 0.0633 e. The lowest BCUT2D eigenvalue weighted by Gasteiger charge is -2.13. The molecule has 0 saturated carbocycles. The van der Waals surface area contributed by atoms with Gasteiger partial charge < -0.3 is 11.1 Å². The van der Waals surface area contributed by atoms with E-state index in [-0.39, 0.29) is 0 Å². The molecule has 19 heavy (non-hydrogen) atoms. The molecular weight excluding hydrogens is 347 g/mol. The van der Waals surface area contributed by atoms with E-state index in [9.17, 15) is 0 Å². The Labute approximate surface area is 131 Å². The maximum absolute atomic E-state index is 6.00. The fraction of sp³-hybridized carbons (Fsp3) is 0.143. The number of benzene rings is 2. The molecule has 0 unspecified atom stereocenters. The summed E-state index contributed by atoms with van der Waals surface area (Å²) in [5.74, 6) is 0. The van der Waals surface area contributed by atoms with Crippen molar-refractivity contribution in [1.29, 1.82) is 0 Å². The minimum Gasteiger partial charge on any atom is -0.397 e. The van der Waals surface area contributed by atoms with Crippen LogP contribution < -0.4 is 11.1 Å². The second-order valence-electron chi connectivity index (χ2n) is 4.40. The van der Waals surface area contributed by atoms with Crippen LogP contribution in [0.4, 0.5) is 17.1 Å². The Morgan fingerprint density at radius 3 is 2.11 bits per heavy atom. The Bertz CT molecular complexity index is 619. The van der Waals surface area contributed by atoms with Crippen LogP contribution >= 0.6 is 39.1 Å². The Hall–Kier alpha value is -0.900. The van der Waals surface area contributed by atoms with E-state index in [0.29, 0.717) is 15.7 Å². The van der Waals surface area contributed by atoms with Gasteiger partial charge in [-0.25, -0.2) is 0 Å². The number of nitrogens with two attached hydrogens (primary N) is 1. The zero-order valence-electron chi connectivity index (χ0n) is 10.5. The van der Waals surface area contributed by atoms with Gasteiger partial charge in [0.15, 0.2) is 0 Å². The summed E-state index contributed by atoms with van der Waals surface area (Å²) in [4.78, 5) is 0. The highest BCUT2D eigenvalue weighted by molar-refractivity contribution is 9.10. The lowest BCUT2D eigenvalue weighted by Crippen LogP contribution is -1.98. The van der Waals surface area contributed by atoms with Gasteiger partial charge in [-0.15, -0.1) is 0 Å². The SMILES string of the molecule is Cc1cc(Nc2cc(Cl)c(Cl)cc2N)cc(C)c1Br. The second kappa shape index (κ2) is 5.61. The first-order valence-corrected chi connectivity index (χ1v) is 7.21. The largest absolute Gasteiger partial charge is 0.397 e. The summed E-state index contributed by atoms with van der Waals surface area (Å²) in [6.07, 6.45) is 0. The van der Waals surface area contributed by atoms with Crippen molar-refractivity contribution < 1.29 is 0 Å². The molecule has 0 radical (unpaired) electrons. The van der Waals surface area contributed by atoms with E-state index in [1.807, 2.05) is 26.0 Å². The van der Waals surface area contributed by atoms with Gasteiger partial charge in [0.1, 0.15) is 0 Å². The average Bonchev–Trinajstić information content (AvgIpc) is 2.33. The van der Waals surface area contributed by atoms with E-state index in [2.05, 4.69) is 21.2 Å². The molecule has 0 aromatic heterocycles. The minimum absolute atomic E-state index is 0.452. The molecule has 0 amide bonds. The number of hydrogen-bond donors (Lipinski definition) is 2. The summed E-state index contributed by atoms with van der Waals surface area (Å²) >= 11 is 15.5. The summed E-state index contributed by atoms with van der Waals surface area (Å²) in [6, 6.07) is 7.45. The van der Waals surface area contributed by atoms with Gasteiger partial charge in [-0.2, -0.15) is 0 Å². The average molecular weight is 360 g/mol. The fourth-order valence-corrected chi connectivity index (χ4v) is 2.41. The minimum atomic E-state index is 0.452. The molecular formula is C14H13BrCl2N2. The smallest absolute Gasteiger partial charge is 0.0633 e. The predicted molar refractivity (Wildman–Crippen MR) is 87.8 cm³/mol. The molecule has 0 fully saturated rings. The first-order valence-electron chi connectivity index (χ1n) is 5.67. The second-order valence-corrected chi connectivity index (χ2v) is 6.01. The summed E-state index contributed by atoms with van der Waals surface area (Å²) in [5, 5.41) is 4.19. The quantitative estimate of drug-likeness (QED) is 0.675. The van der Waals surface area contributed by atoms with Crippen molar-refractivity contribution in [3.05, 3.63) is 49.9 Å². The highest BCUT2D eigenvalue weighted by Gasteiger charge is 2.07. The Morgan fingerprint density at radius 1 is 1.00 bits per heavy atom. The molecule has 0 aliphatic heterocycles. The topological polar surface area (TPSA) is 38.0 Å². The molecule has 0 aliphatic carbocycles. The van der Waals surface area contributed by atoms with Crippen molar-refractivity contribution in [2.45, 2.75) is 13.8 Å². The number of anilines is 3. The van der Waals surface area contributed by atoms with Gasteiger partial charge in [0.25, 0.3) is 0 Å². The fourth-order valence-electron chi connectivity index (χ4n) is 1.84. The third-order valence-electron chi connectivity index (χ3n) is 2.81. The molecule has 2 aromatic rings. The number of nitrogens with one attached hydrogen (secondary N) is 1.